The van der Waals surface area contributed by atoms with Gasteiger partial charge in [0.1, 0.15) is 0 Å². The Balaban J connectivity index is 2.15. The van der Waals surface area contributed by atoms with Crippen molar-refractivity contribution < 1.29 is 0 Å². The Hall–Kier alpha value is -0.240. The van der Waals surface area contributed by atoms with Gasteiger partial charge in [-0.2, -0.15) is 0 Å². The van der Waals surface area contributed by atoms with Gasteiger partial charge in [0.15, 0.2) is 0 Å². The molecule has 0 aliphatic carbocycles. The molecule has 3 heteroatoms. The fourth-order valence-electron chi connectivity index (χ4n) is 1.18. The van der Waals surface area contributed by atoms with Gasteiger partial charge in [-0.1, -0.05) is 23.7 Å². The summed E-state index contributed by atoms with van der Waals surface area (Å²) in [6.07, 6.45) is 2.21. The van der Waals surface area contributed by atoms with E-state index < -0.39 is 0 Å². The zero-order valence-electron chi connectivity index (χ0n) is 8.10. The van der Waals surface area contributed by atoms with Gasteiger partial charge in [-0.25, -0.2) is 0 Å². The van der Waals surface area contributed by atoms with E-state index in [1.165, 1.54) is 5.56 Å². The van der Waals surface area contributed by atoms with Crippen LogP contribution in [0.2, 0.25) is 5.02 Å². The third-order valence-electron chi connectivity index (χ3n) is 1.98. The molecule has 0 saturated carbocycles. The molecule has 1 aromatic carbocycles. The highest BCUT2D eigenvalue weighted by Gasteiger charge is 1.92. The third kappa shape index (κ3) is 4.85. The zero-order valence-corrected chi connectivity index (χ0v) is 9.61. The zero-order chi connectivity index (χ0) is 10.2. The lowest BCUT2D eigenvalue weighted by Crippen LogP contribution is -2.14. The van der Waals surface area contributed by atoms with Crippen LogP contribution >= 0.6 is 23.2 Å². The second-order valence-corrected chi connectivity index (χ2v) is 4.01. The molecule has 1 nitrogen and oxygen atoms in total. The van der Waals surface area contributed by atoms with Crippen LogP contribution in [0.25, 0.3) is 0 Å². The molecule has 1 rings (SSSR count). The minimum atomic E-state index is 0.753. The number of rotatable bonds is 6. The average molecular weight is 232 g/mol. The minimum Gasteiger partial charge on any atom is -0.313 e. The third-order valence-corrected chi connectivity index (χ3v) is 2.50. The quantitative estimate of drug-likeness (QED) is 0.585. The Bertz CT molecular complexity index is 246. The molecule has 14 heavy (non-hydrogen) atoms. The lowest BCUT2D eigenvalue weighted by atomic mass is 10.2. The van der Waals surface area contributed by atoms with Crippen molar-refractivity contribution in [3.63, 3.8) is 0 Å². The molecule has 0 atom stereocenters. The SMILES string of the molecule is ClCCCCNCc1ccc(Cl)cc1. The summed E-state index contributed by atoms with van der Waals surface area (Å²) in [6, 6.07) is 7.91. The van der Waals surface area contributed by atoms with Gasteiger partial charge in [0.05, 0.1) is 0 Å². The number of alkyl halides is 1. The summed E-state index contributed by atoms with van der Waals surface area (Å²) in [6.45, 7) is 1.93. The van der Waals surface area contributed by atoms with E-state index in [1.54, 1.807) is 0 Å². The van der Waals surface area contributed by atoms with Gasteiger partial charge in [-0.3, -0.25) is 0 Å². The van der Waals surface area contributed by atoms with Crippen LogP contribution in [0, 0.1) is 0 Å². The summed E-state index contributed by atoms with van der Waals surface area (Å²) in [5.74, 6) is 0.753. The number of unbranched alkanes of at least 4 members (excludes halogenated alkanes) is 1. The van der Waals surface area contributed by atoms with Gasteiger partial charge in [-0.15, -0.1) is 11.6 Å². The van der Waals surface area contributed by atoms with Gasteiger partial charge in [0, 0.05) is 17.4 Å². The number of benzene rings is 1. The first kappa shape index (κ1) is 11.8. The molecule has 0 amide bonds. The smallest absolute Gasteiger partial charge is 0.0406 e. The monoisotopic (exact) mass is 231 g/mol. The molecule has 0 bridgehead atoms. The summed E-state index contributed by atoms with van der Waals surface area (Å²) < 4.78 is 0. The average Bonchev–Trinajstić information content (AvgIpc) is 2.21. The molecule has 0 aliphatic heterocycles. The van der Waals surface area contributed by atoms with Crippen molar-refractivity contribution in [1.82, 2.24) is 5.32 Å². The molecule has 78 valence electrons. The fourth-order valence-corrected chi connectivity index (χ4v) is 1.49. The fraction of sp³-hybridized carbons (Fsp3) is 0.455. The van der Waals surface area contributed by atoms with Crippen molar-refractivity contribution in [3.05, 3.63) is 34.9 Å². The van der Waals surface area contributed by atoms with Crippen LogP contribution in [0.1, 0.15) is 18.4 Å². The van der Waals surface area contributed by atoms with E-state index in [0.29, 0.717) is 0 Å². The normalized spacial score (nSPS) is 10.4. The predicted molar refractivity (Wildman–Crippen MR) is 63.1 cm³/mol. The second kappa shape index (κ2) is 7.10. The van der Waals surface area contributed by atoms with Gasteiger partial charge in [0.25, 0.3) is 0 Å². The Kier molecular flexibility index (Phi) is 6.00. The summed E-state index contributed by atoms with van der Waals surface area (Å²) in [4.78, 5) is 0. The first-order chi connectivity index (χ1) is 6.83. The molecule has 0 aliphatic rings. The van der Waals surface area contributed by atoms with Crippen LogP contribution in [0.15, 0.2) is 24.3 Å². The van der Waals surface area contributed by atoms with Crippen LogP contribution in [0.3, 0.4) is 0 Å². The van der Waals surface area contributed by atoms with Gasteiger partial charge in [0.2, 0.25) is 0 Å². The maximum Gasteiger partial charge on any atom is 0.0406 e. The maximum atomic E-state index is 5.78. The topological polar surface area (TPSA) is 12.0 Å². The predicted octanol–water partition coefficient (Wildman–Crippen LogP) is 3.45. The largest absolute Gasteiger partial charge is 0.313 e. The van der Waals surface area contributed by atoms with E-state index in [0.717, 1.165) is 36.8 Å². The van der Waals surface area contributed by atoms with E-state index >= 15 is 0 Å². The second-order valence-electron chi connectivity index (χ2n) is 3.20. The Morgan fingerprint density at radius 2 is 1.79 bits per heavy atom. The Labute approximate surface area is 95.4 Å². The van der Waals surface area contributed by atoms with E-state index in [1.807, 2.05) is 24.3 Å². The number of hydrogen-bond donors (Lipinski definition) is 1. The molecule has 0 aromatic heterocycles. The van der Waals surface area contributed by atoms with Gasteiger partial charge >= 0.3 is 0 Å². The van der Waals surface area contributed by atoms with Crippen molar-refractivity contribution in [1.29, 1.82) is 0 Å². The minimum absolute atomic E-state index is 0.753. The maximum absolute atomic E-state index is 5.78. The van der Waals surface area contributed by atoms with Crippen molar-refractivity contribution in [2.24, 2.45) is 0 Å². The summed E-state index contributed by atoms with van der Waals surface area (Å²) in [7, 11) is 0. The van der Waals surface area contributed by atoms with Crippen LogP contribution in [-0.2, 0) is 6.54 Å². The van der Waals surface area contributed by atoms with Crippen molar-refractivity contribution in [2.75, 3.05) is 12.4 Å². The number of hydrogen-bond acceptors (Lipinski definition) is 1. The van der Waals surface area contributed by atoms with E-state index in [2.05, 4.69) is 5.32 Å². The lowest BCUT2D eigenvalue weighted by Gasteiger charge is -2.03. The van der Waals surface area contributed by atoms with Crippen LogP contribution in [0.4, 0.5) is 0 Å². The first-order valence-corrected chi connectivity index (χ1v) is 5.75. The highest BCUT2D eigenvalue weighted by Crippen LogP contribution is 2.08. The summed E-state index contributed by atoms with van der Waals surface area (Å²) >= 11 is 11.4. The van der Waals surface area contributed by atoms with E-state index in [-0.39, 0.29) is 0 Å². The molecular formula is C11H15Cl2N. The van der Waals surface area contributed by atoms with E-state index in [4.69, 9.17) is 23.2 Å². The molecule has 0 fully saturated rings. The van der Waals surface area contributed by atoms with Crippen LogP contribution < -0.4 is 5.32 Å². The summed E-state index contributed by atoms with van der Waals surface area (Å²) in [5, 5.41) is 4.14. The van der Waals surface area contributed by atoms with Crippen LogP contribution in [0.5, 0.6) is 0 Å². The highest BCUT2D eigenvalue weighted by atomic mass is 35.5. The van der Waals surface area contributed by atoms with Crippen molar-refractivity contribution in [2.45, 2.75) is 19.4 Å². The molecule has 0 spiro atoms. The van der Waals surface area contributed by atoms with Gasteiger partial charge in [-0.05, 0) is 37.1 Å². The van der Waals surface area contributed by atoms with E-state index in [9.17, 15) is 0 Å². The molecular weight excluding hydrogens is 217 g/mol. The Morgan fingerprint density at radius 3 is 2.43 bits per heavy atom. The molecule has 1 N–H and O–H groups in total. The molecule has 0 saturated heterocycles. The number of halogens is 2. The number of nitrogens with one attached hydrogen (secondary N) is 1. The standard InChI is InChI=1S/C11H15Cl2N/c12-7-1-2-8-14-9-10-3-5-11(13)6-4-10/h3-6,14H,1-2,7-9H2. The van der Waals surface area contributed by atoms with Crippen LogP contribution in [-0.4, -0.2) is 12.4 Å². The Morgan fingerprint density at radius 1 is 1.07 bits per heavy atom. The summed E-state index contributed by atoms with van der Waals surface area (Å²) in [5.41, 5.74) is 1.26. The molecule has 0 heterocycles. The molecule has 1 aromatic rings. The van der Waals surface area contributed by atoms with Crippen molar-refractivity contribution in [3.8, 4) is 0 Å². The molecule has 0 unspecified atom stereocenters. The lowest BCUT2D eigenvalue weighted by molar-refractivity contribution is 0.643. The van der Waals surface area contributed by atoms with Gasteiger partial charge < -0.3 is 5.32 Å². The molecule has 0 radical (unpaired) electrons. The first-order valence-electron chi connectivity index (χ1n) is 4.84. The highest BCUT2D eigenvalue weighted by molar-refractivity contribution is 6.30. The van der Waals surface area contributed by atoms with Crippen molar-refractivity contribution >= 4 is 23.2 Å².